The van der Waals surface area contributed by atoms with Crippen LogP contribution in [0.3, 0.4) is 0 Å². The molecule has 0 amide bonds. The van der Waals surface area contributed by atoms with Crippen molar-refractivity contribution in [2.75, 3.05) is 0 Å². The number of H-pyrrole nitrogens is 1. The van der Waals surface area contributed by atoms with Crippen molar-refractivity contribution < 1.29 is 0 Å². The van der Waals surface area contributed by atoms with Crippen LogP contribution in [0.15, 0.2) is 40.9 Å². The average molecular weight is 333 g/mol. The summed E-state index contributed by atoms with van der Waals surface area (Å²) in [6.45, 7) is 0. The molecule has 0 aliphatic rings. The highest BCUT2D eigenvalue weighted by molar-refractivity contribution is 9.10. The van der Waals surface area contributed by atoms with Gasteiger partial charge in [0.05, 0.1) is 27.7 Å². The number of benzene rings is 2. The molecule has 0 bridgehead atoms. The Morgan fingerprint density at radius 2 is 2.11 bits per heavy atom. The van der Waals surface area contributed by atoms with Gasteiger partial charge in [-0.25, -0.2) is 4.98 Å². The van der Waals surface area contributed by atoms with Crippen molar-refractivity contribution in [1.29, 1.82) is 5.26 Å². The number of nitriles is 1. The van der Waals surface area contributed by atoms with Gasteiger partial charge in [-0.1, -0.05) is 17.7 Å². The number of fused-ring (bicyclic) bond motifs is 1. The number of aromatic nitrogens is 2. The first-order chi connectivity index (χ1) is 9.19. The normalized spacial score (nSPS) is 10.6. The van der Waals surface area contributed by atoms with Crippen molar-refractivity contribution in [3.05, 3.63) is 51.5 Å². The lowest BCUT2D eigenvalue weighted by Gasteiger charge is -2.01. The summed E-state index contributed by atoms with van der Waals surface area (Å²) in [6.07, 6.45) is 0. The van der Waals surface area contributed by atoms with Gasteiger partial charge in [0.2, 0.25) is 0 Å². The monoisotopic (exact) mass is 331 g/mol. The molecule has 0 spiro atoms. The predicted octanol–water partition coefficient (Wildman–Crippen LogP) is 4.52. The Bertz CT molecular complexity index is 817. The van der Waals surface area contributed by atoms with Crippen LogP contribution in [0.5, 0.6) is 0 Å². The third-order valence-corrected chi connectivity index (χ3v) is 4.11. The maximum Gasteiger partial charge on any atom is 0.140 e. The van der Waals surface area contributed by atoms with E-state index in [1.54, 1.807) is 12.1 Å². The van der Waals surface area contributed by atoms with Gasteiger partial charge < -0.3 is 4.98 Å². The molecule has 0 fully saturated rings. The number of rotatable bonds is 1. The van der Waals surface area contributed by atoms with E-state index in [4.69, 9.17) is 16.9 Å². The highest BCUT2D eigenvalue weighted by Crippen LogP contribution is 2.33. The molecule has 0 atom stereocenters. The Labute approximate surface area is 123 Å². The Morgan fingerprint density at radius 3 is 2.89 bits per heavy atom. The van der Waals surface area contributed by atoms with Gasteiger partial charge in [-0.2, -0.15) is 5.26 Å². The summed E-state index contributed by atoms with van der Waals surface area (Å²) in [5.74, 6) is 0.691. The summed E-state index contributed by atoms with van der Waals surface area (Å²) in [4.78, 5) is 7.68. The van der Waals surface area contributed by atoms with Gasteiger partial charge in [-0.3, -0.25) is 0 Å². The molecule has 0 aliphatic heterocycles. The molecule has 0 unspecified atom stereocenters. The quantitative estimate of drug-likeness (QED) is 0.712. The molecular weight excluding hydrogens is 326 g/mol. The van der Waals surface area contributed by atoms with Crippen LogP contribution in [-0.2, 0) is 0 Å². The van der Waals surface area contributed by atoms with Crippen LogP contribution < -0.4 is 0 Å². The largest absolute Gasteiger partial charge is 0.338 e. The van der Waals surface area contributed by atoms with Crippen LogP contribution in [0.1, 0.15) is 5.56 Å². The number of aromatic amines is 1. The van der Waals surface area contributed by atoms with Crippen molar-refractivity contribution in [1.82, 2.24) is 9.97 Å². The summed E-state index contributed by atoms with van der Waals surface area (Å²) in [7, 11) is 0. The lowest BCUT2D eigenvalue weighted by Crippen LogP contribution is -1.82. The lowest BCUT2D eigenvalue weighted by atomic mass is 10.2. The third kappa shape index (κ3) is 2.12. The van der Waals surface area contributed by atoms with Crippen LogP contribution in [0.4, 0.5) is 0 Å². The fraction of sp³-hybridized carbons (Fsp3) is 0. The summed E-state index contributed by atoms with van der Waals surface area (Å²) in [5.41, 5.74) is 3.06. The molecule has 3 nitrogen and oxygen atoms in total. The van der Waals surface area contributed by atoms with Gasteiger partial charge in [0.15, 0.2) is 0 Å². The maximum atomic E-state index is 8.89. The smallest absolute Gasteiger partial charge is 0.140 e. The van der Waals surface area contributed by atoms with Gasteiger partial charge in [-0.05, 0) is 46.3 Å². The van der Waals surface area contributed by atoms with Gasteiger partial charge in [-0.15, -0.1) is 0 Å². The SMILES string of the molecule is N#Cc1ccc2nc(-c3cccc(Br)c3Cl)[nH]c2c1. The van der Waals surface area contributed by atoms with Gasteiger partial charge in [0, 0.05) is 10.0 Å². The molecule has 0 radical (unpaired) electrons. The zero-order valence-electron chi connectivity index (χ0n) is 9.61. The van der Waals surface area contributed by atoms with Crippen LogP contribution in [0.2, 0.25) is 5.02 Å². The molecule has 3 rings (SSSR count). The first kappa shape index (κ1) is 12.2. The Kier molecular flexibility index (Phi) is 3.02. The highest BCUT2D eigenvalue weighted by atomic mass is 79.9. The molecule has 0 saturated carbocycles. The molecule has 5 heteroatoms. The topological polar surface area (TPSA) is 52.5 Å². The number of halogens is 2. The molecule has 2 aromatic carbocycles. The Morgan fingerprint density at radius 1 is 1.26 bits per heavy atom. The number of hydrogen-bond acceptors (Lipinski definition) is 2. The van der Waals surface area contributed by atoms with Crippen molar-refractivity contribution in [3.8, 4) is 17.5 Å². The zero-order chi connectivity index (χ0) is 13.4. The molecule has 0 saturated heterocycles. The van der Waals surface area contributed by atoms with Gasteiger partial charge in [0.1, 0.15) is 5.82 Å². The van der Waals surface area contributed by atoms with Gasteiger partial charge in [0.25, 0.3) is 0 Å². The van der Waals surface area contributed by atoms with Crippen molar-refractivity contribution in [3.63, 3.8) is 0 Å². The molecule has 19 heavy (non-hydrogen) atoms. The van der Waals surface area contributed by atoms with E-state index in [0.717, 1.165) is 21.1 Å². The first-order valence-electron chi connectivity index (χ1n) is 5.53. The number of nitrogens with one attached hydrogen (secondary N) is 1. The average Bonchev–Trinajstić information content (AvgIpc) is 2.84. The minimum Gasteiger partial charge on any atom is -0.338 e. The second kappa shape index (κ2) is 4.69. The van der Waals surface area contributed by atoms with E-state index in [-0.39, 0.29) is 0 Å². The summed E-state index contributed by atoms with van der Waals surface area (Å²) >= 11 is 9.65. The number of nitrogens with zero attached hydrogens (tertiary/aromatic N) is 2. The maximum absolute atomic E-state index is 8.89. The van der Waals surface area contributed by atoms with Crippen LogP contribution >= 0.6 is 27.5 Å². The molecule has 0 aliphatic carbocycles. The molecule has 92 valence electrons. The minimum absolute atomic E-state index is 0.600. The van der Waals surface area contributed by atoms with E-state index < -0.39 is 0 Å². The standard InChI is InChI=1S/C14H7BrClN3/c15-10-3-1-2-9(13(10)16)14-18-11-5-4-8(7-17)6-12(11)19-14/h1-6H,(H,18,19). The fourth-order valence-electron chi connectivity index (χ4n) is 1.89. The summed E-state index contributed by atoms with van der Waals surface area (Å²) < 4.78 is 0.824. The molecule has 3 aromatic rings. The Balaban J connectivity index is 2.21. The molecular formula is C14H7BrClN3. The molecule has 1 N–H and O–H groups in total. The third-order valence-electron chi connectivity index (χ3n) is 2.82. The van der Waals surface area contributed by atoms with Crippen molar-refractivity contribution in [2.24, 2.45) is 0 Å². The first-order valence-corrected chi connectivity index (χ1v) is 6.70. The van der Waals surface area contributed by atoms with E-state index in [9.17, 15) is 0 Å². The second-order valence-electron chi connectivity index (χ2n) is 4.03. The highest BCUT2D eigenvalue weighted by Gasteiger charge is 2.11. The van der Waals surface area contributed by atoms with Crippen LogP contribution in [0, 0.1) is 11.3 Å². The van der Waals surface area contributed by atoms with E-state index in [1.165, 1.54) is 0 Å². The van der Waals surface area contributed by atoms with E-state index in [0.29, 0.717) is 16.4 Å². The van der Waals surface area contributed by atoms with Crippen molar-refractivity contribution >= 4 is 38.6 Å². The predicted molar refractivity (Wildman–Crippen MR) is 79.0 cm³/mol. The summed E-state index contributed by atoms with van der Waals surface area (Å²) in [5, 5.41) is 9.50. The lowest BCUT2D eigenvalue weighted by molar-refractivity contribution is 1.33. The fourth-order valence-corrected chi connectivity index (χ4v) is 2.48. The van der Waals surface area contributed by atoms with Crippen molar-refractivity contribution in [2.45, 2.75) is 0 Å². The number of hydrogen-bond donors (Lipinski definition) is 1. The van der Waals surface area contributed by atoms with Crippen LogP contribution in [0.25, 0.3) is 22.4 Å². The molecule has 1 aromatic heterocycles. The number of imidazole rings is 1. The second-order valence-corrected chi connectivity index (χ2v) is 5.26. The van der Waals surface area contributed by atoms with Crippen LogP contribution in [-0.4, -0.2) is 9.97 Å². The zero-order valence-corrected chi connectivity index (χ0v) is 12.0. The van der Waals surface area contributed by atoms with Gasteiger partial charge >= 0.3 is 0 Å². The summed E-state index contributed by atoms with van der Waals surface area (Å²) in [6, 6.07) is 13.1. The Hall–Kier alpha value is -1.83. The van der Waals surface area contributed by atoms with E-state index >= 15 is 0 Å². The minimum atomic E-state index is 0.600. The molecule has 1 heterocycles. The van der Waals surface area contributed by atoms with E-state index in [1.807, 2.05) is 24.3 Å². The van der Waals surface area contributed by atoms with E-state index in [2.05, 4.69) is 32.0 Å².